The van der Waals surface area contributed by atoms with Crippen LogP contribution >= 0.6 is 0 Å². The maximum atomic E-state index is 12.7. The smallest absolute Gasteiger partial charge is 0.290 e. The number of carbonyl (C=O) groups is 2. The van der Waals surface area contributed by atoms with Crippen molar-refractivity contribution in [3.05, 3.63) is 41.2 Å². The highest BCUT2D eigenvalue weighted by Crippen LogP contribution is 2.38. The Bertz CT molecular complexity index is 731. The van der Waals surface area contributed by atoms with Gasteiger partial charge in [0.15, 0.2) is 11.5 Å². The van der Waals surface area contributed by atoms with Crippen LogP contribution in [-0.4, -0.2) is 58.9 Å². The maximum Gasteiger partial charge on any atom is 0.290 e. The van der Waals surface area contributed by atoms with Crippen molar-refractivity contribution < 1.29 is 19.4 Å². The zero-order valence-corrected chi connectivity index (χ0v) is 17.0. The van der Waals surface area contributed by atoms with Crippen molar-refractivity contribution in [2.24, 2.45) is 0 Å². The highest BCUT2D eigenvalue weighted by molar-refractivity contribution is 6.08. The standard InChI is InChI=1S/C21H30N2O4/c1-13(2)22(14(3)4)10-11-23-19(16-8-7-9-17(12-16)27-6)18(15(5)24)20(25)21(23)26/h7-9,12-14,19,25H,10-11H2,1-6H3. The molecule has 27 heavy (non-hydrogen) atoms. The molecule has 1 aliphatic heterocycles. The molecule has 6 heteroatoms. The van der Waals surface area contributed by atoms with E-state index in [2.05, 4.69) is 32.6 Å². The molecule has 1 aliphatic rings. The molecule has 0 spiro atoms. The van der Waals surface area contributed by atoms with Gasteiger partial charge >= 0.3 is 0 Å². The van der Waals surface area contributed by atoms with Crippen LogP contribution in [0.2, 0.25) is 0 Å². The quantitative estimate of drug-likeness (QED) is 0.757. The highest BCUT2D eigenvalue weighted by Gasteiger charge is 2.42. The summed E-state index contributed by atoms with van der Waals surface area (Å²) in [6, 6.07) is 7.32. The third-order valence-corrected chi connectivity index (χ3v) is 5.02. The second-order valence-corrected chi connectivity index (χ2v) is 7.42. The summed E-state index contributed by atoms with van der Waals surface area (Å²) in [7, 11) is 1.57. The SMILES string of the molecule is COc1cccc(C2C(C(C)=O)=C(O)C(=O)N2CCN(C(C)C)C(C)C)c1. The van der Waals surface area contributed by atoms with Gasteiger partial charge in [-0.05, 0) is 52.3 Å². The van der Waals surface area contributed by atoms with Gasteiger partial charge in [0.05, 0.1) is 18.7 Å². The van der Waals surface area contributed by atoms with E-state index in [4.69, 9.17) is 4.74 Å². The first kappa shape index (κ1) is 21.0. The van der Waals surface area contributed by atoms with Gasteiger partial charge in [0.25, 0.3) is 5.91 Å². The van der Waals surface area contributed by atoms with Gasteiger partial charge < -0.3 is 14.7 Å². The fourth-order valence-corrected chi connectivity index (χ4v) is 3.74. The number of nitrogens with zero attached hydrogens (tertiary/aromatic N) is 2. The molecule has 0 aromatic heterocycles. The number of aliphatic hydroxyl groups is 1. The van der Waals surface area contributed by atoms with Crippen LogP contribution in [0.5, 0.6) is 5.75 Å². The zero-order chi connectivity index (χ0) is 20.3. The number of ether oxygens (including phenoxy) is 1. The van der Waals surface area contributed by atoms with Crippen molar-refractivity contribution in [1.29, 1.82) is 0 Å². The largest absolute Gasteiger partial charge is 0.503 e. The van der Waals surface area contributed by atoms with Gasteiger partial charge in [-0.1, -0.05) is 12.1 Å². The molecule has 1 unspecified atom stereocenters. The van der Waals surface area contributed by atoms with E-state index in [9.17, 15) is 14.7 Å². The van der Waals surface area contributed by atoms with Gasteiger partial charge in [-0.3, -0.25) is 14.5 Å². The van der Waals surface area contributed by atoms with Crippen molar-refractivity contribution in [3.63, 3.8) is 0 Å². The number of ketones is 1. The molecular formula is C21H30N2O4. The molecule has 1 amide bonds. The molecule has 1 N–H and O–H groups in total. The molecule has 0 fully saturated rings. The summed E-state index contributed by atoms with van der Waals surface area (Å²) in [6.07, 6.45) is 0. The molecule has 0 aliphatic carbocycles. The van der Waals surface area contributed by atoms with Crippen LogP contribution in [0.1, 0.15) is 46.2 Å². The Balaban J connectivity index is 2.39. The number of Topliss-reactive ketones (excluding diaryl/α,β-unsaturated/α-hetero) is 1. The summed E-state index contributed by atoms with van der Waals surface area (Å²) < 4.78 is 5.29. The van der Waals surface area contributed by atoms with Gasteiger partial charge in [0.2, 0.25) is 0 Å². The Morgan fingerprint density at radius 1 is 1.26 bits per heavy atom. The third kappa shape index (κ3) is 4.33. The van der Waals surface area contributed by atoms with Crippen LogP contribution in [-0.2, 0) is 9.59 Å². The van der Waals surface area contributed by atoms with E-state index in [1.165, 1.54) is 6.92 Å². The average Bonchev–Trinajstić information content (AvgIpc) is 2.86. The van der Waals surface area contributed by atoms with Crippen LogP contribution < -0.4 is 4.74 Å². The highest BCUT2D eigenvalue weighted by atomic mass is 16.5. The summed E-state index contributed by atoms with van der Waals surface area (Å²) in [5, 5.41) is 10.4. The van der Waals surface area contributed by atoms with Crippen LogP contribution in [0.4, 0.5) is 0 Å². The molecule has 2 rings (SSSR count). The molecule has 0 radical (unpaired) electrons. The number of carbonyl (C=O) groups excluding carboxylic acids is 2. The molecule has 148 valence electrons. The summed E-state index contributed by atoms with van der Waals surface area (Å²) in [6.45, 7) is 10.9. The van der Waals surface area contributed by atoms with Gasteiger partial charge in [-0.25, -0.2) is 0 Å². The van der Waals surface area contributed by atoms with Crippen LogP contribution in [0.3, 0.4) is 0 Å². The monoisotopic (exact) mass is 374 g/mol. The topological polar surface area (TPSA) is 70.1 Å². The van der Waals surface area contributed by atoms with E-state index in [1.807, 2.05) is 12.1 Å². The normalized spacial score (nSPS) is 17.6. The third-order valence-electron chi connectivity index (χ3n) is 5.02. The second kappa shape index (κ2) is 8.57. The number of hydrogen-bond acceptors (Lipinski definition) is 5. The van der Waals surface area contributed by atoms with Crippen molar-refractivity contribution in [3.8, 4) is 5.75 Å². The number of benzene rings is 1. The summed E-state index contributed by atoms with van der Waals surface area (Å²) in [5.74, 6) is -0.614. The van der Waals surface area contributed by atoms with E-state index >= 15 is 0 Å². The van der Waals surface area contributed by atoms with E-state index in [-0.39, 0.29) is 11.4 Å². The molecule has 1 aromatic rings. The number of rotatable bonds is 8. The lowest BCUT2D eigenvalue weighted by Crippen LogP contribution is -2.44. The van der Waals surface area contributed by atoms with Crippen LogP contribution in [0.15, 0.2) is 35.6 Å². The minimum absolute atomic E-state index is 0.147. The van der Waals surface area contributed by atoms with Crippen molar-refractivity contribution in [2.45, 2.75) is 52.7 Å². The van der Waals surface area contributed by atoms with Gasteiger partial charge in [0.1, 0.15) is 5.75 Å². The minimum atomic E-state index is -0.605. The number of aliphatic hydroxyl groups excluding tert-OH is 1. The van der Waals surface area contributed by atoms with E-state index in [0.717, 1.165) is 5.56 Å². The molecule has 0 bridgehead atoms. The predicted octanol–water partition coefficient (Wildman–Crippen LogP) is 3.10. The molecule has 1 atom stereocenters. The molecular weight excluding hydrogens is 344 g/mol. The van der Waals surface area contributed by atoms with Gasteiger partial charge in [0, 0.05) is 25.2 Å². The molecule has 1 aromatic carbocycles. The van der Waals surface area contributed by atoms with E-state index in [1.54, 1.807) is 24.1 Å². The summed E-state index contributed by atoms with van der Waals surface area (Å²) >= 11 is 0. The van der Waals surface area contributed by atoms with Crippen LogP contribution in [0.25, 0.3) is 0 Å². The average molecular weight is 374 g/mol. The van der Waals surface area contributed by atoms with Crippen molar-refractivity contribution in [2.75, 3.05) is 20.2 Å². The Hall–Kier alpha value is -2.34. The molecule has 6 nitrogen and oxygen atoms in total. The zero-order valence-electron chi connectivity index (χ0n) is 17.0. The second-order valence-electron chi connectivity index (χ2n) is 7.42. The fourth-order valence-electron chi connectivity index (χ4n) is 3.74. The number of methoxy groups -OCH3 is 1. The minimum Gasteiger partial charge on any atom is -0.503 e. The van der Waals surface area contributed by atoms with Crippen LogP contribution in [0, 0.1) is 0 Å². The van der Waals surface area contributed by atoms with Gasteiger partial charge in [-0.2, -0.15) is 0 Å². The maximum absolute atomic E-state index is 12.7. The first-order chi connectivity index (χ1) is 12.7. The Labute approximate surface area is 161 Å². The lowest BCUT2D eigenvalue weighted by atomic mass is 9.96. The summed E-state index contributed by atoms with van der Waals surface area (Å²) in [4.78, 5) is 28.8. The lowest BCUT2D eigenvalue weighted by Gasteiger charge is -2.34. The molecule has 0 saturated carbocycles. The van der Waals surface area contributed by atoms with Crippen molar-refractivity contribution in [1.82, 2.24) is 9.80 Å². The predicted molar refractivity (Wildman–Crippen MR) is 105 cm³/mol. The van der Waals surface area contributed by atoms with E-state index in [0.29, 0.717) is 30.9 Å². The van der Waals surface area contributed by atoms with Crippen molar-refractivity contribution >= 4 is 11.7 Å². The summed E-state index contributed by atoms with van der Waals surface area (Å²) in [5.41, 5.74) is 0.895. The first-order valence-electron chi connectivity index (χ1n) is 9.33. The Morgan fingerprint density at radius 2 is 1.89 bits per heavy atom. The molecule has 1 heterocycles. The first-order valence-corrected chi connectivity index (χ1v) is 9.33. The number of amides is 1. The van der Waals surface area contributed by atoms with Gasteiger partial charge in [-0.15, -0.1) is 0 Å². The Morgan fingerprint density at radius 3 is 2.41 bits per heavy atom. The Kier molecular flexibility index (Phi) is 6.65. The fraction of sp³-hybridized carbons (Fsp3) is 0.524. The molecule has 0 saturated heterocycles. The lowest BCUT2D eigenvalue weighted by molar-refractivity contribution is -0.129. The van der Waals surface area contributed by atoms with E-state index < -0.39 is 17.7 Å². The number of hydrogen-bond donors (Lipinski definition) is 1.